The molecule has 0 fully saturated rings. The lowest BCUT2D eigenvalue weighted by Crippen LogP contribution is -2.24. The molecule has 138 valence electrons. The number of carbonyl (C=O) groups excluding carboxylic acids is 2. The van der Waals surface area contributed by atoms with E-state index in [9.17, 15) is 14.0 Å². The molecule has 7 heteroatoms. The topological polar surface area (TPSA) is 71.3 Å². The molecule has 1 heterocycles. The van der Waals surface area contributed by atoms with Gasteiger partial charge in [0.25, 0.3) is 5.91 Å². The van der Waals surface area contributed by atoms with Crippen LogP contribution in [0.25, 0.3) is 0 Å². The number of nitrogens with one attached hydrogen (secondary N) is 2. The second-order valence-electron chi connectivity index (χ2n) is 5.65. The van der Waals surface area contributed by atoms with Crippen molar-refractivity contribution < 1.29 is 18.4 Å². The number of benzene rings is 2. The summed E-state index contributed by atoms with van der Waals surface area (Å²) in [5, 5.41) is 5.57. The number of hydrogen-bond acceptors (Lipinski definition) is 4. The van der Waals surface area contributed by atoms with Crippen molar-refractivity contribution in [3.05, 3.63) is 84.1 Å². The average molecular weight is 384 g/mol. The summed E-state index contributed by atoms with van der Waals surface area (Å²) in [7, 11) is 0. The first kappa shape index (κ1) is 18.7. The molecule has 1 aromatic heterocycles. The molecule has 3 rings (SSSR count). The second kappa shape index (κ2) is 9.05. The van der Waals surface area contributed by atoms with E-state index in [0.29, 0.717) is 12.2 Å². The first-order valence-corrected chi connectivity index (χ1v) is 9.17. The normalized spacial score (nSPS) is 10.4. The van der Waals surface area contributed by atoms with Crippen molar-refractivity contribution in [1.29, 1.82) is 0 Å². The van der Waals surface area contributed by atoms with Crippen molar-refractivity contribution in [2.75, 3.05) is 11.1 Å². The van der Waals surface area contributed by atoms with Crippen LogP contribution in [0.3, 0.4) is 0 Å². The Morgan fingerprint density at radius 3 is 2.59 bits per heavy atom. The Kier molecular flexibility index (Phi) is 6.27. The van der Waals surface area contributed by atoms with Crippen molar-refractivity contribution in [2.24, 2.45) is 0 Å². The van der Waals surface area contributed by atoms with Crippen LogP contribution in [-0.2, 0) is 11.3 Å². The summed E-state index contributed by atoms with van der Waals surface area (Å²) in [6.45, 7) is 0.341. The second-order valence-corrected chi connectivity index (χ2v) is 6.70. The van der Waals surface area contributed by atoms with Crippen LogP contribution in [0.15, 0.2) is 76.2 Å². The minimum absolute atomic E-state index is 0.130. The molecule has 0 spiro atoms. The Morgan fingerprint density at radius 2 is 1.85 bits per heavy atom. The number of hydrogen-bond donors (Lipinski definition) is 2. The minimum atomic E-state index is -0.336. The molecule has 27 heavy (non-hydrogen) atoms. The number of anilines is 1. The van der Waals surface area contributed by atoms with Crippen molar-refractivity contribution in [3.8, 4) is 0 Å². The fraction of sp³-hybridized carbons (Fsp3) is 0.100. The van der Waals surface area contributed by atoms with E-state index in [-0.39, 0.29) is 29.1 Å². The molecule has 0 radical (unpaired) electrons. The minimum Gasteiger partial charge on any atom is -0.459 e. The van der Waals surface area contributed by atoms with Crippen LogP contribution in [0, 0.1) is 5.82 Å². The molecule has 0 aliphatic rings. The van der Waals surface area contributed by atoms with E-state index in [1.807, 2.05) is 6.07 Å². The summed E-state index contributed by atoms with van der Waals surface area (Å²) < 4.78 is 17.9. The zero-order chi connectivity index (χ0) is 19.1. The van der Waals surface area contributed by atoms with Crippen LogP contribution in [0.1, 0.15) is 16.1 Å². The molecule has 3 aromatic rings. The highest BCUT2D eigenvalue weighted by atomic mass is 32.2. The molecule has 2 N–H and O–H groups in total. The van der Waals surface area contributed by atoms with E-state index in [4.69, 9.17) is 4.42 Å². The van der Waals surface area contributed by atoms with Crippen molar-refractivity contribution in [3.63, 3.8) is 0 Å². The smallest absolute Gasteiger partial charge is 0.291 e. The Labute approximate surface area is 160 Å². The Hall–Kier alpha value is -3.06. The van der Waals surface area contributed by atoms with Crippen molar-refractivity contribution >= 4 is 29.3 Å². The maximum absolute atomic E-state index is 12.9. The van der Waals surface area contributed by atoms with E-state index in [2.05, 4.69) is 10.6 Å². The molecular weight excluding hydrogens is 367 g/mol. The quantitative estimate of drug-likeness (QED) is 0.602. The highest BCUT2D eigenvalue weighted by Crippen LogP contribution is 2.18. The lowest BCUT2D eigenvalue weighted by atomic mass is 10.2. The molecule has 0 saturated heterocycles. The van der Waals surface area contributed by atoms with E-state index >= 15 is 0 Å². The summed E-state index contributed by atoms with van der Waals surface area (Å²) in [5.74, 6) is -0.304. The zero-order valence-corrected chi connectivity index (χ0v) is 15.1. The highest BCUT2D eigenvalue weighted by molar-refractivity contribution is 8.00. The van der Waals surface area contributed by atoms with Gasteiger partial charge in [0.15, 0.2) is 5.76 Å². The standard InChI is InChI=1S/C20H17FN2O3S/c21-15-6-8-17(9-7-15)27-13-19(24)22-12-14-3-1-4-16(11-14)23-20(25)18-5-2-10-26-18/h1-11H,12-13H2,(H,22,24)(H,23,25). The van der Waals surface area contributed by atoms with Gasteiger partial charge >= 0.3 is 0 Å². The van der Waals surface area contributed by atoms with E-state index in [0.717, 1.165) is 10.5 Å². The lowest BCUT2D eigenvalue weighted by Gasteiger charge is -2.08. The third kappa shape index (κ3) is 5.72. The molecule has 0 unspecified atom stereocenters. The number of rotatable bonds is 7. The third-order valence-electron chi connectivity index (χ3n) is 3.60. The van der Waals surface area contributed by atoms with Gasteiger partial charge < -0.3 is 15.1 Å². The molecule has 5 nitrogen and oxygen atoms in total. The maximum Gasteiger partial charge on any atom is 0.291 e. The van der Waals surface area contributed by atoms with Gasteiger partial charge in [-0.05, 0) is 54.1 Å². The number of furan rings is 1. The maximum atomic E-state index is 12.9. The summed E-state index contributed by atoms with van der Waals surface area (Å²) in [6.07, 6.45) is 1.44. The number of amides is 2. The first-order chi connectivity index (χ1) is 13.1. The molecule has 0 atom stereocenters. The van der Waals surface area contributed by atoms with Crippen LogP contribution in [0.5, 0.6) is 0 Å². The van der Waals surface area contributed by atoms with Crippen LogP contribution in [-0.4, -0.2) is 17.6 Å². The SMILES string of the molecule is O=C(CSc1ccc(F)cc1)NCc1cccc(NC(=O)c2ccco2)c1. The average Bonchev–Trinajstić information content (AvgIpc) is 3.21. The molecule has 0 bridgehead atoms. The number of thioether (sulfide) groups is 1. The van der Waals surface area contributed by atoms with Gasteiger partial charge in [-0.3, -0.25) is 9.59 Å². The van der Waals surface area contributed by atoms with Gasteiger partial charge in [0.1, 0.15) is 5.82 Å². The zero-order valence-electron chi connectivity index (χ0n) is 14.3. The van der Waals surface area contributed by atoms with Crippen LogP contribution in [0.4, 0.5) is 10.1 Å². The molecule has 0 aliphatic carbocycles. The largest absolute Gasteiger partial charge is 0.459 e. The molecular formula is C20H17FN2O3S. The summed E-state index contributed by atoms with van der Waals surface area (Å²) in [6, 6.07) is 16.4. The fourth-order valence-corrected chi connectivity index (χ4v) is 3.02. The van der Waals surface area contributed by atoms with E-state index in [1.165, 1.54) is 30.2 Å². The Morgan fingerprint density at radius 1 is 1.04 bits per heavy atom. The molecule has 0 saturated carbocycles. The predicted molar refractivity (Wildman–Crippen MR) is 102 cm³/mol. The van der Waals surface area contributed by atoms with Gasteiger partial charge in [0.05, 0.1) is 12.0 Å². The lowest BCUT2D eigenvalue weighted by molar-refractivity contribution is -0.118. The van der Waals surface area contributed by atoms with Crippen molar-refractivity contribution in [2.45, 2.75) is 11.4 Å². The highest BCUT2D eigenvalue weighted by Gasteiger charge is 2.09. The molecule has 2 aromatic carbocycles. The monoisotopic (exact) mass is 384 g/mol. The Balaban J connectivity index is 1.48. The third-order valence-corrected chi connectivity index (χ3v) is 4.62. The van der Waals surface area contributed by atoms with Crippen LogP contribution >= 0.6 is 11.8 Å². The number of halogens is 1. The van der Waals surface area contributed by atoms with Gasteiger partial charge in [-0.25, -0.2) is 4.39 Å². The van der Waals surface area contributed by atoms with Crippen LogP contribution < -0.4 is 10.6 Å². The summed E-state index contributed by atoms with van der Waals surface area (Å²) >= 11 is 1.34. The first-order valence-electron chi connectivity index (χ1n) is 8.19. The fourth-order valence-electron chi connectivity index (χ4n) is 2.29. The van der Waals surface area contributed by atoms with Gasteiger partial charge in [0.2, 0.25) is 5.91 Å². The Bertz CT molecular complexity index is 911. The summed E-state index contributed by atoms with van der Waals surface area (Å²) in [4.78, 5) is 24.8. The van der Waals surface area contributed by atoms with Crippen molar-refractivity contribution in [1.82, 2.24) is 5.32 Å². The molecule has 0 aliphatic heterocycles. The van der Waals surface area contributed by atoms with E-state index in [1.54, 1.807) is 42.5 Å². The van der Waals surface area contributed by atoms with Gasteiger partial charge in [-0.2, -0.15) is 0 Å². The summed E-state index contributed by atoms with van der Waals surface area (Å²) in [5.41, 5.74) is 1.47. The van der Waals surface area contributed by atoms with Gasteiger partial charge in [-0.15, -0.1) is 11.8 Å². The predicted octanol–water partition coefficient (Wildman–Crippen LogP) is 4.08. The van der Waals surface area contributed by atoms with Crippen LogP contribution in [0.2, 0.25) is 0 Å². The number of carbonyl (C=O) groups is 2. The molecule has 2 amide bonds. The van der Waals surface area contributed by atoms with Gasteiger partial charge in [-0.1, -0.05) is 12.1 Å². The van der Waals surface area contributed by atoms with E-state index < -0.39 is 0 Å². The van der Waals surface area contributed by atoms with Gasteiger partial charge in [0, 0.05) is 17.1 Å².